The zero-order valence-corrected chi connectivity index (χ0v) is 12.2. The van der Waals surface area contributed by atoms with Gasteiger partial charge in [-0.3, -0.25) is 4.79 Å². The normalized spacial score (nSPS) is 13.2. The van der Waals surface area contributed by atoms with E-state index in [-0.39, 0.29) is 0 Å². The second kappa shape index (κ2) is 5.81. The maximum Gasteiger partial charge on any atom is 0.258 e. The highest BCUT2D eigenvalue weighted by molar-refractivity contribution is 6.78. The summed E-state index contributed by atoms with van der Waals surface area (Å²) in [6.45, 7) is 3.58. The number of allylic oxidation sites excluding steroid dienone is 1. The minimum absolute atomic E-state index is 0.408. The molecule has 1 aromatic rings. The lowest BCUT2D eigenvalue weighted by atomic mass is 9.95. The molecule has 0 aliphatic heterocycles. The number of benzene rings is 1. The van der Waals surface area contributed by atoms with E-state index in [2.05, 4.69) is 6.58 Å². The van der Waals surface area contributed by atoms with E-state index in [4.69, 9.17) is 58.0 Å². The SMILES string of the molecule is C=CC(c1cc(Cl)cc(Cl)c1)C(Cl)(Cl)C(=O)Cl. The molecular formula is C11H7Cl5O. The second-order valence-corrected chi connectivity index (χ2v) is 5.91. The van der Waals surface area contributed by atoms with Crippen molar-refractivity contribution in [3.63, 3.8) is 0 Å². The molecule has 92 valence electrons. The summed E-state index contributed by atoms with van der Waals surface area (Å²) in [6.07, 6.45) is 1.42. The number of carbonyl (C=O) groups is 1. The van der Waals surface area contributed by atoms with Gasteiger partial charge in [-0.2, -0.15) is 0 Å². The summed E-state index contributed by atoms with van der Waals surface area (Å²) in [5.41, 5.74) is 0.566. The Balaban J connectivity index is 3.27. The van der Waals surface area contributed by atoms with E-state index < -0.39 is 15.5 Å². The van der Waals surface area contributed by atoms with Crippen LogP contribution in [0.25, 0.3) is 0 Å². The first-order valence-corrected chi connectivity index (χ1v) is 6.34. The van der Waals surface area contributed by atoms with E-state index in [1.54, 1.807) is 18.2 Å². The van der Waals surface area contributed by atoms with Crippen molar-refractivity contribution in [2.45, 2.75) is 10.3 Å². The molecule has 0 aliphatic rings. The molecule has 0 bridgehead atoms. The lowest BCUT2D eigenvalue weighted by molar-refractivity contribution is -0.112. The van der Waals surface area contributed by atoms with Gasteiger partial charge in [-0.1, -0.05) is 52.5 Å². The molecule has 17 heavy (non-hydrogen) atoms. The lowest BCUT2D eigenvalue weighted by Crippen LogP contribution is -2.29. The topological polar surface area (TPSA) is 17.1 Å². The summed E-state index contributed by atoms with van der Waals surface area (Å²) in [7, 11) is 0. The first-order valence-electron chi connectivity index (χ1n) is 4.45. The van der Waals surface area contributed by atoms with Crippen LogP contribution in [-0.4, -0.2) is 9.58 Å². The van der Waals surface area contributed by atoms with E-state index in [0.717, 1.165) is 0 Å². The maximum absolute atomic E-state index is 11.2. The van der Waals surface area contributed by atoms with Gasteiger partial charge in [0.05, 0.1) is 0 Å². The average molecular weight is 332 g/mol. The predicted molar refractivity (Wildman–Crippen MR) is 74.7 cm³/mol. The fourth-order valence-corrected chi connectivity index (χ4v) is 2.46. The molecule has 6 heteroatoms. The van der Waals surface area contributed by atoms with Crippen LogP contribution in [0.4, 0.5) is 0 Å². The quantitative estimate of drug-likeness (QED) is 0.421. The molecule has 0 aromatic heterocycles. The zero-order chi connectivity index (χ0) is 13.2. The van der Waals surface area contributed by atoms with Crippen molar-refractivity contribution in [3.05, 3.63) is 46.5 Å². The van der Waals surface area contributed by atoms with Crippen molar-refractivity contribution < 1.29 is 4.79 Å². The molecule has 0 N–H and O–H groups in total. The third-order valence-corrected chi connectivity index (χ3v) is 3.87. The predicted octanol–water partition coefficient (Wildman–Crippen LogP) is 5.20. The Kier molecular flexibility index (Phi) is 5.18. The standard InChI is InChI=1S/C11H7Cl5O/c1-2-9(11(15,16)10(14)17)6-3-7(12)5-8(13)4-6/h2-5,9H,1H2. The minimum atomic E-state index is -1.81. The van der Waals surface area contributed by atoms with E-state index in [9.17, 15) is 4.79 Å². The summed E-state index contributed by atoms with van der Waals surface area (Å²) in [5.74, 6) is -0.702. The van der Waals surface area contributed by atoms with Gasteiger partial charge in [0.25, 0.3) is 5.24 Å². The van der Waals surface area contributed by atoms with Gasteiger partial charge in [-0.15, -0.1) is 6.58 Å². The van der Waals surface area contributed by atoms with Gasteiger partial charge in [-0.05, 0) is 35.4 Å². The molecule has 1 rings (SSSR count). The monoisotopic (exact) mass is 330 g/mol. The fourth-order valence-electron chi connectivity index (χ4n) is 1.37. The second-order valence-electron chi connectivity index (χ2n) is 3.31. The van der Waals surface area contributed by atoms with Gasteiger partial charge in [0, 0.05) is 16.0 Å². The smallest absolute Gasteiger partial charge is 0.258 e. The van der Waals surface area contributed by atoms with Crippen molar-refractivity contribution >= 4 is 63.2 Å². The lowest BCUT2D eigenvalue weighted by Gasteiger charge is -2.24. The van der Waals surface area contributed by atoms with Crippen molar-refractivity contribution in [1.29, 1.82) is 0 Å². The van der Waals surface area contributed by atoms with Gasteiger partial charge in [0.15, 0.2) is 0 Å². The summed E-state index contributed by atoms with van der Waals surface area (Å²) >= 11 is 28.9. The summed E-state index contributed by atoms with van der Waals surface area (Å²) < 4.78 is -1.81. The molecule has 0 spiro atoms. The number of alkyl halides is 2. The molecule has 0 fully saturated rings. The van der Waals surface area contributed by atoms with Gasteiger partial charge in [0.1, 0.15) is 0 Å². The third kappa shape index (κ3) is 3.52. The number of halogens is 5. The van der Waals surface area contributed by atoms with E-state index >= 15 is 0 Å². The number of carbonyl (C=O) groups excluding carboxylic acids is 1. The molecule has 0 heterocycles. The number of hydrogen-bond donors (Lipinski definition) is 0. The Morgan fingerprint density at radius 3 is 2.06 bits per heavy atom. The largest absolute Gasteiger partial charge is 0.278 e. The zero-order valence-electron chi connectivity index (χ0n) is 8.39. The van der Waals surface area contributed by atoms with E-state index in [1.165, 1.54) is 6.08 Å². The van der Waals surface area contributed by atoms with Crippen LogP contribution < -0.4 is 0 Å². The summed E-state index contributed by atoms with van der Waals surface area (Å²) in [5, 5.41) is -0.0714. The van der Waals surface area contributed by atoms with Crippen LogP contribution in [0.15, 0.2) is 30.9 Å². The van der Waals surface area contributed by atoms with Crippen molar-refractivity contribution in [2.24, 2.45) is 0 Å². The Hall–Kier alpha value is 0.0800. The molecular weight excluding hydrogens is 325 g/mol. The Labute approximate surface area is 124 Å². The van der Waals surface area contributed by atoms with Crippen LogP contribution in [0.3, 0.4) is 0 Å². The van der Waals surface area contributed by atoms with Crippen molar-refractivity contribution in [1.82, 2.24) is 0 Å². The molecule has 0 aliphatic carbocycles. The first kappa shape index (κ1) is 15.1. The molecule has 0 saturated heterocycles. The van der Waals surface area contributed by atoms with Gasteiger partial charge < -0.3 is 0 Å². The molecule has 0 saturated carbocycles. The molecule has 1 nitrogen and oxygen atoms in total. The molecule has 1 aromatic carbocycles. The molecule has 0 amide bonds. The number of rotatable bonds is 4. The summed E-state index contributed by atoms with van der Waals surface area (Å²) in [4.78, 5) is 11.2. The highest BCUT2D eigenvalue weighted by Gasteiger charge is 2.40. The van der Waals surface area contributed by atoms with E-state index in [1.807, 2.05) is 0 Å². The Morgan fingerprint density at radius 2 is 1.71 bits per heavy atom. The first-order chi connectivity index (χ1) is 7.78. The fraction of sp³-hybridized carbons (Fsp3) is 0.182. The van der Waals surface area contributed by atoms with Gasteiger partial charge in [0.2, 0.25) is 4.33 Å². The summed E-state index contributed by atoms with van der Waals surface area (Å²) in [6, 6.07) is 4.75. The minimum Gasteiger partial charge on any atom is -0.278 e. The average Bonchev–Trinajstić information content (AvgIpc) is 2.16. The number of hydrogen-bond acceptors (Lipinski definition) is 1. The Bertz CT molecular complexity index is 435. The Morgan fingerprint density at radius 1 is 1.24 bits per heavy atom. The maximum atomic E-state index is 11.2. The highest BCUT2D eigenvalue weighted by Crippen LogP contribution is 2.41. The molecule has 0 radical (unpaired) electrons. The van der Waals surface area contributed by atoms with Gasteiger partial charge >= 0.3 is 0 Å². The van der Waals surface area contributed by atoms with Crippen LogP contribution in [-0.2, 0) is 4.79 Å². The van der Waals surface area contributed by atoms with Crippen LogP contribution in [0.1, 0.15) is 11.5 Å². The van der Waals surface area contributed by atoms with Crippen molar-refractivity contribution in [3.8, 4) is 0 Å². The van der Waals surface area contributed by atoms with E-state index in [0.29, 0.717) is 15.6 Å². The van der Waals surface area contributed by atoms with Crippen LogP contribution in [0.2, 0.25) is 10.0 Å². The van der Waals surface area contributed by atoms with Crippen LogP contribution >= 0.6 is 58.0 Å². The molecule has 1 unspecified atom stereocenters. The molecule has 1 atom stereocenters. The van der Waals surface area contributed by atoms with Crippen LogP contribution in [0, 0.1) is 0 Å². The highest BCUT2D eigenvalue weighted by atomic mass is 35.5. The third-order valence-electron chi connectivity index (χ3n) is 2.13. The van der Waals surface area contributed by atoms with Gasteiger partial charge in [-0.25, -0.2) is 0 Å². The van der Waals surface area contributed by atoms with Crippen molar-refractivity contribution in [2.75, 3.05) is 0 Å². The van der Waals surface area contributed by atoms with Crippen LogP contribution in [0.5, 0.6) is 0 Å².